The first-order chi connectivity index (χ1) is 13.8. The van der Waals surface area contributed by atoms with E-state index >= 15 is 0 Å². The molecular formula is C23H21Cl2NO3. The van der Waals surface area contributed by atoms with Crippen molar-refractivity contribution >= 4 is 34.8 Å². The van der Waals surface area contributed by atoms with Gasteiger partial charge in [0.15, 0.2) is 11.9 Å². The Bertz CT molecular complexity index is 999. The summed E-state index contributed by atoms with van der Waals surface area (Å²) in [6.07, 6.45) is -0.737. The van der Waals surface area contributed by atoms with Gasteiger partial charge in [0.1, 0.15) is 11.5 Å². The lowest BCUT2D eigenvalue weighted by atomic mass is 10.1. The molecule has 0 spiro atoms. The van der Waals surface area contributed by atoms with E-state index in [1.54, 1.807) is 25.1 Å². The van der Waals surface area contributed by atoms with E-state index in [-0.39, 0.29) is 5.91 Å². The molecule has 0 saturated heterocycles. The van der Waals surface area contributed by atoms with E-state index in [4.69, 9.17) is 32.7 Å². The van der Waals surface area contributed by atoms with Crippen molar-refractivity contribution in [2.45, 2.75) is 26.9 Å². The minimum absolute atomic E-state index is 0.324. The third-order valence-corrected chi connectivity index (χ3v) is 5.09. The normalized spacial score (nSPS) is 11.6. The molecule has 3 rings (SSSR count). The predicted molar refractivity (Wildman–Crippen MR) is 118 cm³/mol. The summed E-state index contributed by atoms with van der Waals surface area (Å²) < 4.78 is 11.7. The highest BCUT2D eigenvalue weighted by Gasteiger charge is 2.18. The Labute approximate surface area is 180 Å². The second-order valence-corrected chi connectivity index (χ2v) is 7.49. The number of ether oxygens (including phenoxy) is 2. The molecule has 0 aliphatic rings. The van der Waals surface area contributed by atoms with Crippen LogP contribution in [0.15, 0.2) is 60.7 Å². The standard InChI is InChI=1S/C23H21Cl2NO3/c1-14-11-19(12-15(2)22(14)25)28-16(3)23(27)26-20-13-17(24)9-10-21(20)29-18-7-5-4-6-8-18/h4-13,16H,1-3H3,(H,26,27)/t16-/m0/s1. The summed E-state index contributed by atoms with van der Waals surface area (Å²) in [5, 5.41) is 4.01. The van der Waals surface area contributed by atoms with Gasteiger partial charge in [0, 0.05) is 10.0 Å². The van der Waals surface area contributed by atoms with Gasteiger partial charge < -0.3 is 14.8 Å². The van der Waals surface area contributed by atoms with Gasteiger partial charge in [0.05, 0.1) is 5.69 Å². The van der Waals surface area contributed by atoms with Crippen molar-refractivity contribution in [2.24, 2.45) is 0 Å². The van der Waals surface area contributed by atoms with Crippen molar-refractivity contribution in [3.05, 3.63) is 81.8 Å². The van der Waals surface area contributed by atoms with E-state index in [1.165, 1.54) is 0 Å². The van der Waals surface area contributed by atoms with Crippen LogP contribution < -0.4 is 14.8 Å². The molecule has 1 N–H and O–H groups in total. The number of para-hydroxylation sites is 1. The van der Waals surface area contributed by atoms with Crippen LogP contribution in [0.4, 0.5) is 5.69 Å². The van der Waals surface area contributed by atoms with Crippen molar-refractivity contribution in [1.82, 2.24) is 0 Å². The number of carbonyl (C=O) groups is 1. The van der Waals surface area contributed by atoms with Crippen molar-refractivity contribution in [3.63, 3.8) is 0 Å². The van der Waals surface area contributed by atoms with Crippen LogP contribution >= 0.6 is 23.2 Å². The van der Waals surface area contributed by atoms with Gasteiger partial charge in [-0.1, -0.05) is 41.4 Å². The molecule has 3 aromatic rings. The highest BCUT2D eigenvalue weighted by atomic mass is 35.5. The van der Waals surface area contributed by atoms with E-state index in [9.17, 15) is 4.79 Å². The van der Waals surface area contributed by atoms with Gasteiger partial charge in [-0.15, -0.1) is 0 Å². The Hall–Kier alpha value is -2.69. The van der Waals surface area contributed by atoms with Gasteiger partial charge in [-0.3, -0.25) is 4.79 Å². The summed E-state index contributed by atoms with van der Waals surface area (Å²) in [6, 6.07) is 18.0. The molecule has 0 saturated carbocycles. The zero-order chi connectivity index (χ0) is 21.0. The first-order valence-corrected chi connectivity index (χ1v) is 9.86. The van der Waals surface area contributed by atoms with Crippen LogP contribution in [0.3, 0.4) is 0 Å². The summed E-state index contributed by atoms with van der Waals surface area (Å²) in [5.41, 5.74) is 2.25. The van der Waals surface area contributed by atoms with E-state index in [0.29, 0.717) is 33.0 Å². The maximum Gasteiger partial charge on any atom is 0.265 e. The van der Waals surface area contributed by atoms with Crippen LogP contribution in [0.25, 0.3) is 0 Å². The Balaban J connectivity index is 1.75. The Morgan fingerprint density at radius 3 is 2.24 bits per heavy atom. The van der Waals surface area contributed by atoms with Gasteiger partial charge in [0.2, 0.25) is 0 Å². The Morgan fingerprint density at radius 1 is 0.931 bits per heavy atom. The van der Waals surface area contributed by atoms with Crippen LogP contribution in [-0.4, -0.2) is 12.0 Å². The van der Waals surface area contributed by atoms with E-state index in [2.05, 4.69) is 5.32 Å². The van der Waals surface area contributed by atoms with Gasteiger partial charge in [-0.05, 0) is 74.4 Å². The number of aryl methyl sites for hydroxylation is 2. The van der Waals surface area contributed by atoms with E-state index in [0.717, 1.165) is 11.1 Å². The van der Waals surface area contributed by atoms with Crippen LogP contribution in [0, 0.1) is 13.8 Å². The number of anilines is 1. The molecular weight excluding hydrogens is 409 g/mol. The van der Waals surface area contributed by atoms with E-state index < -0.39 is 6.10 Å². The number of halogens is 2. The first kappa shape index (κ1) is 21.0. The van der Waals surface area contributed by atoms with Crippen LogP contribution in [0.2, 0.25) is 10.0 Å². The number of hydrogen-bond acceptors (Lipinski definition) is 3. The van der Waals surface area contributed by atoms with Crippen LogP contribution in [0.5, 0.6) is 17.2 Å². The molecule has 1 amide bonds. The number of nitrogens with one attached hydrogen (secondary N) is 1. The minimum atomic E-state index is -0.737. The maximum atomic E-state index is 12.7. The zero-order valence-electron chi connectivity index (χ0n) is 16.3. The molecule has 0 aliphatic carbocycles. The summed E-state index contributed by atoms with van der Waals surface area (Å²) in [7, 11) is 0. The van der Waals surface area contributed by atoms with E-state index in [1.807, 2.05) is 56.3 Å². The topological polar surface area (TPSA) is 47.6 Å². The lowest BCUT2D eigenvalue weighted by molar-refractivity contribution is -0.122. The maximum absolute atomic E-state index is 12.7. The molecule has 0 fully saturated rings. The minimum Gasteiger partial charge on any atom is -0.481 e. The van der Waals surface area contributed by atoms with Gasteiger partial charge >= 0.3 is 0 Å². The Kier molecular flexibility index (Phi) is 6.68. The van der Waals surface area contributed by atoms with Crippen molar-refractivity contribution in [3.8, 4) is 17.2 Å². The van der Waals surface area contributed by atoms with Crippen LogP contribution in [-0.2, 0) is 4.79 Å². The molecule has 0 unspecified atom stereocenters. The number of hydrogen-bond donors (Lipinski definition) is 1. The largest absolute Gasteiger partial charge is 0.481 e. The highest BCUT2D eigenvalue weighted by Crippen LogP contribution is 2.32. The fourth-order valence-electron chi connectivity index (χ4n) is 2.77. The quantitative estimate of drug-likeness (QED) is 0.467. The highest BCUT2D eigenvalue weighted by molar-refractivity contribution is 6.32. The number of rotatable bonds is 6. The molecule has 1 atom stereocenters. The molecule has 6 heteroatoms. The molecule has 3 aromatic carbocycles. The molecule has 0 radical (unpaired) electrons. The second kappa shape index (κ2) is 9.21. The SMILES string of the molecule is Cc1cc(O[C@@H](C)C(=O)Nc2cc(Cl)ccc2Oc2ccccc2)cc(C)c1Cl. The molecule has 4 nitrogen and oxygen atoms in total. The van der Waals surface area contributed by atoms with Crippen LogP contribution in [0.1, 0.15) is 18.1 Å². The van der Waals surface area contributed by atoms with Crippen molar-refractivity contribution in [1.29, 1.82) is 0 Å². The van der Waals surface area contributed by atoms with Gasteiger partial charge in [-0.25, -0.2) is 0 Å². The predicted octanol–water partition coefficient (Wildman–Crippen LogP) is 6.81. The first-order valence-electron chi connectivity index (χ1n) is 9.10. The number of benzene rings is 3. The van der Waals surface area contributed by atoms with Crippen molar-refractivity contribution < 1.29 is 14.3 Å². The van der Waals surface area contributed by atoms with Crippen molar-refractivity contribution in [2.75, 3.05) is 5.32 Å². The Morgan fingerprint density at radius 2 is 1.59 bits per heavy atom. The van der Waals surface area contributed by atoms with Gasteiger partial charge in [0.25, 0.3) is 5.91 Å². The summed E-state index contributed by atoms with van der Waals surface area (Å²) >= 11 is 12.3. The monoisotopic (exact) mass is 429 g/mol. The molecule has 0 bridgehead atoms. The lowest BCUT2D eigenvalue weighted by Gasteiger charge is -2.18. The third-order valence-electron chi connectivity index (χ3n) is 4.26. The third kappa shape index (κ3) is 5.43. The average molecular weight is 430 g/mol. The number of carbonyl (C=O) groups excluding carboxylic acids is 1. The molecule has 0 aromatic heterocycles. The zero-order valence-corrected chi connectivity index (χ0v) is 17.8. The smallest absolute Gasteiger partial charge is 0.265 e. The fourth-order valence-corrected chi connectivity index (χ4v) is 3.05. The summed E-state index contributed by atoms with van der Waals surface area (Å²) in [6.45, 7) is 5.47. The average Bonchev–Trinajstić information content (AvgIpc) is 2.69. The molecule has 0 heterocycles. The van der Waals surface area contributed by atoms with Gasteiger partial charge in [-0.2, -0.15) is 0 Å². The summed E-state index contributed by atoms with van der Waals surface area (Å²) in [5.74, 6) is 1.40. The molecule has 150 valence electrons. The summed E-state index contributed by atoms with van der Waals surface area (Å²) in [4.78, 5) is 12.7. The molecule has 0 aliphatic heterocycles. The fraction of sp³-hybridized carbons (Fsp3) is 0.174. The molecule has 29 heavy (non-hydrogen) atoms. The number of amides is 1. The second-order valence-electron chi connectivity index (χ2n) is 6.68. The lowest BCUT2D eigenvalue weighted by Crippen LogP contribution is -2.30.